The van der Waals surface area contributed by atoms with E-state index in [-0.39, 0.29) is 11.9 Å². The first-order valence-corrected chi connectivity index (χ1v) is 6.22. The fourth-order valence-electron chi connectivity index (χ4n) is 1.70. The number of hydrogen-bond donors (Lipinski definition) is 2. The van der Waals surface area contributed by atoms with E-state index >= 15 is 0 Å². The molecule has 1 heterocycles. The van der Waals surface area contributed by atoms with Gasteiger partial charge in [-0.05, 0) is 37.3 Å². The molecule has 0 aliphatic heterocycles. The SMILES string of the molecule is CC(NC(=O)c1ccc(N)cc1Cl)c1ccccn1. The summed E-state index contributed by atoms with van der Waals surface area (Å²) in [5.74, 6) is -0.247. The highest BCUT2D eigenvalue weighted by atomic mass is 35.5. The second kappa shape index (κ2) is 5.71. The van der Waals surface area contributed by atoms with Gasteiger partial charge in [0.1, 0.15) is 0 Å². The Morgan fingerprint density at radius 2 is 2.16 bits per heavy atom. The zero-order valence-corrected chi connectivity index (χ0v) is 11.2. The summed E-state index contributed by atoms with van der Waals surface area (Å²) in [6.45, 7) is 1.87. The van der Waals surface area contributed by atoms with Crippen LogP contribution in [0.4, 0.5) is 5.69 Å². The number of nitrogens with one attached hydrogen (secondary N) is 1. The van der Waals surface area contributed by atoms with Gasteiger partial charge in [-0.1, -0.05) is 17.7 Å². The van der Waals surface area contributed by atoms with Crippen molar-refractivity contribution in [2.45, 2.75) is 13.0 Å². The number of nitrogens with two attached hydrogens (primary N) is 1. The number of amides is 1. The number of carbonyl (C=O) groups is 1. The van der Waals surface area contributed by atoms with Crippen LogP contribution in [-0.4, -0.2) is 10.9 Å². The number of carbonyl (C=O) groups excluding carboxylic acids is 1. The molecule has 1 amide bonds. The van der Waals surface area contributed by atoms with Crippen LogP contribution >= 0.6 is 11.6 Å². The molecule has 1 unspecified atom stereocenters. The molecule has 0 fully saturated rings. The van der Waals surface area contributed by atoms with Gasteiger partial charge in [0, 0.05) is 11.9 Å². The minimum absolute atomic E-state index is 0.192. The van der Waals surface area contributed by atoms with Crippen molar-refractivity contribution in [2.24, 2.45) is 0 Å². The van der Waals surface area contributed by atoms with Crippen molar-refractivity contribution >= 4 is 23.2 Å². The highest BCUT2D eigenvalue weighted by Gasteiger charge is 2.14. The van der Waals surface area contributed by atoms with E-state index in [1.165, 1.54) is 0 Å². The quantitative estimate of drug-likeness (QED) is 0.847. The average Bonchev–Trinajstić information content (AvgIpc) is 2.39. The van der Waals surface area contributed by atoms with Crippen LogP contribution in [0.1, 0.15) is 29.0 Å². The molecule has 0 spiro atoms. The molecule has 0 saturated heterocycles. The van der Waals surface area contributed by atoms with Gasteiger partial charge in [0.05, 0.1) is 22.3 Å². The average molecular weight is 276 g/mol. The van der Waals surface area contributed by atoms with Crippen LogP contribution in [0.2, 0.25) is 5.02 Å². The van der Waals surface area contributed by atoms with Gasteiger partial charge in [-0.25, -0.2) is 0 Å². The Morgan fingerprint density at radius 1 is 1.37 bits per heavy atom. The molecule has 2 rings (SSSR count). The Labute approximate surface area is 116 Å². The van der Waals surface area contributed by atoms with E-state index in [9.17, 15) is 4.79 Å². The number of anilines is 1. The molecule has 5 heteroatoms. The lowest BCUT2D eigenvalue weighted by Gasteiger charge is -2.14. The largest absolute Gasteiger partial charge is 0.399 e. The fourth-order valence-corrected chi connectivity index (χ4v) is 1.97. The van der Waals surface area contributed by atoms with E-state index in [1.54, 1.807) is 24.4 Å². The summed E-state index contributed by atoms with van der Waals surface area (Å²) >= 11 is 6.00. The van der Waals surface area contributed by atoms with E-state index < -0.39 is 0 Å². The van der Waals surface area contributed by atoms with Crippen molar-refractivity contribution in [1.29, 1.82) is 0 Å². The number of halogens is 1. The first-order valence-electron chi connectivity index (χ1n) is 5.84. The van der Waals surface area contributed by atoms with E-state index in [1.807, 2.05) is 25.1 Å². The van der Waals surface area contributed by atoms with Crippen molar-refractivity contribution in [3.05, 3.63) is 58.9 Å². The van der Waals surface area contributed by atoms with Gasteiger partial charge in [-0.15, -0.1) is 0 Å². The van der Waals surface area contributed by atoms with Crippen molar-refractivity contribution in [1.82, 2.24) is 10.3 Å². The molecule has 0 saturated carbocycles. The number of benzene rings is 1. The minimum Gasteiger partial charge on any atom is -0.399 e. The lowest BCUT2D eigenvalue weighted by Crippen LogP contribution is -2.27. The normalized spacial score (nSPS) is 11.9. The topological polar surface area (TPSA) is 68.0 Å². The third-order valence-corrected chi connectivity index (χ3v) is 3.03. The minimum atomic E-state index is -0.247. The molecule has 0 aliphatic carbocycles. The molecule has 4 nitrogen and oxygen atoms in total. The van der Waals surface area contributed by atoms with E-state index in [2.05, 4.69) is 10.3 Å². The highest BCUT2D eigenvalue weighted by Crippen LogP contribution is 2.20. The van der Waals surface area contributed by atoms with Crippen molar-refractivity contribution in [3.63, 3.8) is 0 Å². The van der Waals surface area contributed by atoms with Gasteiger partial charge in [-0.2, -0.15) is 0 Å². The standard InChI is InChI=1S/C14H14ClN3O/c1-9(13-4-2-3-7-17-13)18-14(19)11-6-5-10(16)8-12(11)15/h2-9H,16H2,1H3,(H,18,19). The number of aromatic nitrogens is 1. The molecule has 1 atom stereocenters. The number of nitrogens with zero attached hydrogens (tertiary/aromatic N) is 1. The monoisotopic (exact) mass is 275 g/mol. The van der Waals surface area contributed by atoms with Crippen LogP contribution in [0.25, 0.3) is 0 Å². The molecule has 3 N–H and O–H groups in total. The first-order chi connectivity index (χ1) is 9.08. The molecule has 19 heavy (non-hydrogen) atoms. The van der Waals surface area contributed by atoms with Gasteiger partial charge in [0.2, 0.25) is 0 Å². The molecule has 1 aromatic heterocycles. The molecule has 1 aromatic carbocycles. The summed E-state index contributed by atoms with van der Waals surface area (Å²) in [5.41, 5.74) is 7.32. The molecule has 2 aromatic rings. The second-order valence-corrected chi connectivity index (χ2v) is 4.60. The summed E-state index contributed by atoms with van der Waals surface area (Å²) in [4.78, 5) is 16.3. The van der Waals surface area contributed by atoms with Crippen molar-refractivity contribution in [3.8, 4) is 0 Å². The smallest absolute Gasteiger partial charge is 0.253 e. The number of rotatable bonds is 3. The van der Waals surface area contributed by atoms with Crippen LogP contribution < -0.4 is 11.1 Å². The number of pyridine rings is 1. The molecular formula is C14H14ClN3O. The Bertz CT molecular complexity index is 586. The van der Waals surface area contributed by atoms with Crippen LogP contribution in [0.15, 0.2) is 42.6 Å². The van der Waals surface area contributed by atoms with Crippen molar-refractivity contribution in [2.75, 3.05) is 5.73 Å². The van der Waals surface area contributed by atoms with Gasteiger partial charge in [-0.3, -0.25) is 9.78 Å². The maximum atomic E-state index is 12.1. The third kappa shape index (κ3) is 3.23. The highest BCUT2D eigenvalue weighted by molar-refractivity contribution is 6.34. The predicted molar refractivity (Wildman–Crippen MR) is 76.0 cm³/mol. The summed E-state index contributed by atoms with van der Waals surface area (Å²) in [6.07, 6.45) is 1.69. The van der Waals surface area contributed by atoms with Crippen molar-refractivity contribution < 1.29 is 4.79 Å². The van der Waals surface area contributed by atoms with Gasteiger partial charge >= 0.3 is 0 Å². The summed E-state index contributed by atoms with van der Waals surface area (Å²) < 4.78 is 0. The van der Waals surface area contributed by atoms with E-state index in [0.29, 0.717) is 16.3 Å². The number of nitrogen functional groups attached to an aromatic ring is 1. The fraction of sp³-hybridized carbons (Fsp3) is 0.143. The Hall–Kier alpha value is -2.07. The maximum absolute atomic E-state index is 12.1. The molecule has 0 aliphatic rings. The maximum Gasteiger partial charge on any atom is 0.253 e. The number of hydrogen-bond acceptors (Lipinski definition) is 3. The molecule has 0 radical (unpaired) electrons. The molecule has 98 valence electrons. The third-order valence-electron chi connectivity index (χ3n) is 2.72. The van der Waals surface area contributed by atoms with Crippen LogP contribution in [-0.2, 0) is 0 Å². The summed E-state index contributed by atoms with van der Waals surface area (Å²) in [7, 11) is 0. The van der Waals surface area contributed by atoms with Crippen LogP contribution in [0, 0.1) is 0 Å². The second-order valence-electron chi connectivity index (χ2n) is 4.19. The zero-order chi connectivity index (χ0) is 13.8. The lowest BCUT2D eigenvalue weighted by atomic mass is 10.1. The first kappa shape index (κ1) is 13.4. The van der Waals surface area contributed by atoms with E-state index in [4.69, 9.17) is 17.3 Å². The zero-order valence-electron chi connectivity index (χ0n) is 10.4. The van der Waals surface area contributed by atoms with Gasteiger partial charge < -0.3 is 11.1 Å². The molecule has 0 bridgehead atoms. The van der Waals surface area contributed by atoms with Crippen LogP contribution in [0.3, 0.4) is 0 Å². The lowest BCUT2D eigenvalue weighted by molar-refractivity contribution is 0.0939. The summed E-state index contributed by atoms with van der Waals surface area (Å²) in [5, 5.41) is 3.18. The van der Waals surface area contributed by atoms with Gasteiger partial charge in [0.25, 0.3) is 5.91 Å². The predicted octanol–water partition coefficient (Wildman–Crippen LogP) is 2.81. The Morgan fingerprint density at radius 3 is 2.79 bits per heavy atom. The molecular weight excluding hydrogens is 262 g/mol. The van der Waals surface area contributed by atoms with E-state index in [0.717, 1.165) is 5.69 Å². The van der Waals surface area contributed by atoms with Gasteiger partial charge in [0.15, 0.2) is 0 Å². The summed E-state index contributed by atoms with van der Waals surface area (Å²) in [6, 6.07) is 10.2. The Kier molecular flexibility index (Phi) is 4.02. The van der Waals surface area contributed by atoms with Crippen LogP contribution in [0.5, 0.6) is 0 Å². The Balaban J connectivity index is 2.13.